The number of aliphatic hydroxyl groups is 1. The molecule has 0 aliphatic carbocycles. The van der Waals surface area contributed by atoms with Crippen LogP contribution in [-0.4, -0.2) is 69.3 Å². The molecule has 6 heteroatoms. The molecule has 1 aliphatic rings. The highest BCUT2D eigenvalue weighted by atomic mass is 16.5. The first kappa shape index (κ1) is 20.0. The van der Waals surface area contributed by atoms with E-state index in [4.69, 9.17) is 18.9 Å². The summed E-state index contributed by atoms with van der Waals surface area (Å²) in [6.07, 6.45) is 1.83. The van der Waals surface area contributed by atoms with Crippen LogP contribution in [-0.2, 0) is 16.0 Å². The number of benzene rings is 1. The summed E-state index contributed by atoms with van der Waals surface area (Å²) < 4.78 is 22.0. The standard InChI is InChI=1S/C19H31NO5/c1-4-24-18-8-7-15(10-19(18)22-3)11-20(2)12-16(21)13-23-14-17-6-5-9-25-17/h7-8,10,16-17,21H,4-6,9,11-14H2,1-3H3/t16-,17-/m0/s1. The molecule has 0 radical (unpaired) electrons. The summed E-state index contributed by atoms with van der Waals surface area (Å²) in [6.45, 7) is 5.53. The van der Waals surface area contributed by atoms with Crippen LogP contribution in [0, 0.1) is 0 Å². The number of hydrogen-bond acceptors (Lipinski definition) is 6. The Morgan fingerprint density at radius 1 is 1.36 bits per heavy atom. The van der Waals surface area contributed by atoms with Crippen LogP contribution < -0.4 is 9.47 Å². The highest BCUT2D eigenvalue weighted by molar-refractivity contribution is 5.42. The fourth-order valence-electron chi connectivity index (χ4n) is 2.99. The van der Waals surface area contributed by atoms with E-state index in [0.717, 1.165) is 36.5 Å². The smallest absolute Gasteiger partial charge is 0.161 e. The third-order valence-corrected chi connectivity index (χ3v) is 4.14. The SMILES string of the molecule is CCOc1ccc(CN(C)C[C@H](O)COC[C@@H]2CCCO2)cc1OC. The number of hydrogen-bond donors (Lipinski definition) is 1. The van der Waals surface area contributed by atoms with E-state index in [1.165, 1.54) is 0 Å². The van der Waals surface area contributed by atoms with Crippen molar-refractivity contribution in [1.82, 2.24) is 4.90 Å². The number of methoxy groups -OCH3 is 1. The molecule has 2 rings (SSSR count). The Morgan fingerprint density at radius 2 is 2.20 bits per heavy atom. The quantitative estimate of drug-likeness (QED) is 0.657. The topological polar surface area (TPSA) is 60.4 Å². The first-order valence-electron chi connectivity index (χ1n) is 8.98. The average Bonchev–Trinajstić information content (AvgIpc) is 3.09. The average molecular weight is 353 g/mol. The van der Waals surface area contributed by atoms with Crippen LogP contribution in [0.4, 0.5) is 0 Å². The van der Waals surface area contributed by atoms with Crippen LogP contribution in [0.15, 0.2) is 18.2 Å². The van der Waals surface area contributed by atoms with Gasteiger partial charge in [-0.15, -0.1) is 0 Å². The summed E-state index contributed by atoms with van der Waals surface area (Å²) in [4.78, 5) is 2.06. The Morgan fingerprint density at radius 3 is 2.88 bits per heavy atom. The van der Waals surface area contributed by atoms with Crippen LogP contribution in [0.25, 0.3) is 0 Å². The summed E-state index contributed by atoms with van der Waals surface area (Å²) in [5.41, 5.74) is 1.11. The van der Waals surface area contributed by atoms with Crippen LogP contribution in [0.5, 0.6) is 11.5 Å². The molecular formula is C19H31NO5. The van der Waals surface area contributed by atoms with Gasteiger partial charge in [-0.2, -0.15) is 0 Å². The monoisotopic (exact) mass is 353 g/mol. The summed E-state index contributed by atoms with van der Waals surface area (Å²) in [5.74, 6) is 1.48. The molecule has 0 spiro atoms. The fourth-order valence-corrected chi connectivity index (χ4v) is 2.99. The molecule has 1 aliphatic heterocycles. The van der Waals surface area contributed by atoms with E-state index in [-0.39, 0.29) is 6.10 Å². The van der Waals surface area contributed by atoms with Gasteiger partial charge in [0.05, 0.1) is 39.1 Å². The van der Waals surface area contributed by atoms with E-state index >= 15 is 0 Å². The Balaban J connectivity index is 1.73. The highest BCUT2D eigenvalue weighted by Crippen LogP contribution is 2.28. The number of likely N-dealkylation sites (N-methyl/N-ethyl adjacent to an activating group) is 1. The molecule has 1 fully saturated rings. The highest BCUT2D eigenvalue weighted by Gasteiger charge is 2.17. The normalized spacial score (nSPS) is 18.5. The molecule has 1 saturated heterocycles. The Hall–Kier alpha value is -1.34. The number of rotatable bonds is 11. The van der Waals surface area contributed by atoms with Gasteiger partial charge in [0, 0.05) is 19.7 Å². The van der Waals surface area contributed by atoms with Crippen LogP contribution in [0.3, 0.4) is 0 Å². The van der Waals surface area contributed by atoms with Crippen molar-refractivity contribution in [2.24, 2.45) is 0 Å². The zero-order valence-electron chi connectivity index (χ0n) is 15.6. The van der Waals surface area contributed by atoms with Crippen molar-refractivity contribution in [2.75, 3.05) is 47.1 Å². The van der Waals surface area contributed by atoms with Gasteiger partial charge in [-0.1, -0.05) is 6.07 Å². The number of aliphatic hydroxyl groups excluding tert-OH is 1. The predicted octanol–water partition coefficient (Wildman–Crippen LogP) is 2.08. The van der Waals surface area contributed by atoms with Crippen LogP contribution in [0.1, 0.15) is 25.3 Å². The second kappa shape index (κ2) is 10.6. The van der Waals surface area contributed by atoms with Gasteiger partial charge in [0.2, 0.25) is 0 Å². The van der Waals surface area contributed by atoms with E-state index in [9.17, 15) is 5.11 Å². The maximum Gasteiger partial charge on any atom is 0.161 e. The molecule has 0 unspecified atom stereocenters. The van der Waals surface area contributed by atoms with Crippen LogP contribution in [0.2, 0.25) is 0 Å². The number of ether oxygens (including phenoxy) is 4. The Kier molecular flexibility index (Phi) is 8.48. The molecule has 0 aromatic heterocycles. The van der Waals surface area contributed by atoms with E-state index in [1.54, 1.807) is 7.11 Å². The van der Waals surface area contributed by atoms with E-state index in [1.807, 2.05) is 32.2 Å². The van der Waals surface area contributed by atoms with E-state index in [2.05, 4.69) is 4.90 Å². The maximum atomic E-state index is 10.1. The molecule has 6 nitrogen and oxygen atoms in total. The molecule has 1 aromatic rings. The zero-order valence-corrected chi connectivity index (χ0v) is 15.6. The minimum atomic E-state index is -0.518. The Labute approximate surface area is 150 Å². The third kappa shape index (κ3) is 6.82. The van der Waals surface area contributed by atoms with Crippen molar-refractivity contribution in [2.45, 2.75) is 38.5 Å². The van der Waals surface area contributed by atoms with Gasteiger partial charge in [-0.25, -0.2) is 0 Å². The lowest BCUT2D eigenvalue weighted by Crippen LogP contribution is -2.32. The Bertz CT molecular complexity index is 505. The molecule has 25 heavy (non-hydrogen) atoms. The van der Waals surface area contributed by atoms with Gasteiger partial charge in [-0.05, 0) is 44.5 Å². The lowest BCUT2D eigenvalue weighted by atomic mass is 10.2. The maximum absolute atomic E-state index is 10.1. The molecule has 0 saturated carbocycles. The van der Waals surface area contributed by atoms with Gasteiger partial charge >= 0.3 is 0 Å². The molecule has 2 atom stereocenters. The minimum absolute atomic E-state index is 0.196. The molecule has 1 N–H and O–H groups in total. The lowest BCUT2D eigenvalue weighted by Gasteiger charge is -2.21. The molecule has 0 bridgehead atoms. The van der Waals surface area contributed by atoms with Gasteiger partial charge in [0.25, 0.3) is 0 Å². The minimum Gasteiger partial charge on any atom is -0.493 e. The summed E-state index contributed by atoms with van der Waals surface area (Å²) in [7, 11) is 3.62. The summed E-state index contributed by atoms with van der Waals surface area (Å²) in [5, 5.41) is 10.1. The van der Waals surface area contributed by atoms with Gasteiger partial charge in [0.1, 0.15) is 0 Å². The first-order chi connectivity index (χ1) is 12.1. The second-order valence-corrected chi connectivity index (χ2v) is 6.44. The van der Waals surface area contributed by atoms with E-state index in [0.29, 0.717) is 32.9 Å². The first-order valence-corrected chi connectivity index (χ1v) is 8.98. The second-order valence-electron chi connectivity index (χ2n) is 6.44. The number of nitrogens with zero attached hydrogens (tertiary/aromatic N) is 1. The van der Waals surface area contributed by atoms with Crippen molar-refractivity contribution >= 4 is 0 Å². The molecular weight excluding hydrogens is 322 g/mol. The molecule has 142 valence electrons. The molecule has 0 amide bonds. The summed E-state index contributed by atoms with van der Waals surface area (Å²) in [6, 6.07) is 5.92. The fraction of sp³-hybridized carbons (Fsp3) is 0.684. The van der Waals surface area contributed by atoms with Crippen molar-refractivity contribution in [1.29, 1.82) is 0 Å². The summed E-state index contributed by atoms with van der Waals surface area (Å²) >= 11 is 0. The predicted molar refractivity (Wildman–Crippen MR) is 96.3 cm³/mol. The van der Waals surface area contributed by atoms with Gasteiger partial charge < -0.3 is 24.1 Å². The van der Waals surface area contributed by atoms with E-state index < -0.39 is 6.10 Å². The van der Waals surface area contributed by atoms with Crippen LogP contribution >= 0.6 is 0 Å². The lowest BCUT2D eigenvalue weighted by molar-refractivity contribution is -0.0238. The zero-order chi connectivity index (χ0) is 18.1. The van der Waals surface area contributed by atoms with Crippen molar-refractivity contribution in [3.63, 3.8) is 0 Å². The van der Waals surface area contributed by atoms with Crippen molar-refractivity contribution < 1.29 is 24.1 Å². The molecule has 1 aromatic carbocycles. The van der Waals surface area contributed by atoms with Gasteiger partial charge in [-0.3, -0.25) is 4.90 Å². The molecule has 1 heterocycles. The van der Waals surface area contributed by atoms with Crippen molar-refractivity contribution in [3.8, 4) is 11.5 Å². The van der Waals surface area contributed by atoms with Gasteiger partial charge in [0.15, 0.2) is 11.5 Å². The third-order valence-electron chi connectivity index (χ3n) is 4.14. The van der Waals surface area contributed by atoms with Crippen molar-refractivity contribution in [3.05, 3.63) is 23.8 Å². The largest absolute Gasteiger partial charge is 0.493 e.